The van der Waals surface area contributed by atoms with Gasteiger partial charge in [-0.2, -0.15) is 0 Å². The highest BCUT2D eigenvalue weighted by Crippen LogP contribution is 2.14. The van der Waals surface area contributed by atoms with Crippen molar-refractivity contribution in [2.75, 3.05) is 20.1 Å². The summed E-state index contributed by atoms with van der Waals surface area (Å²) in [5.41, 5.74) is 2.51. The molecule has 16 heavy (non-hydrogen) atoms. The first-order chi connectivity index (χ1) is 7.77. The summed E-state index contributed by atoms with van der Waals surface area (Å²) in [7, 11) is 2.21. The van der Waals surface area contributed by atoms with Gasteiger partial charge in [-0.1, -0.05) is 6.07 Å². The van der Waals surface area contributed by atoms with Crippen molar-refractivity contribution < 1.29 is 0 Å². The van der Waals surface area contributed by atoms with Gasteiger partial charge in [0.1, 0.15) is 0 Å². The molecule has 0 radical (unpaired) electrons. The van der Waals surface area contributed by atoms with Gasteiger partial charge in [0.15, 0.2) is 0 Å². The van der Waals surface area contributed by atoms with Crippen LogP contribution in [0.1, 0.15) is 24.1 Å². The van der Waals surface area contributed by atoms with Crippen LogP contribution in [0.2, 0.25) is 0 Å². The third kappa shape index (κ3) is 2.80. The molecular formula is C13H21N3. The van der Waals surface area contributed by atoms with Crippen LogP contribution < -0.4 is 5.32 Å². The smallest absolute Gasteiger partial charge is 0.0573 e. The molecule has 1 fully saturated rings. The highest BCUT2D eigenvalue weighted by molar-refractivity contribution is 5.17. The van der Waals surface area contributed by atoms with E-state index in [4.69, 9.17) is 0 Å². The number of pyridine rings is 1. The first-order valence-corrected chi connectivity index (χ1v) is 6.09. The van der Waals surface area contributed by atoms with Crippen LogP contribution in [0.25, 0.3) is 0 Å². The molecule has 0 atom stereocenters. The van der Waals surface area contributed by atoms with E-state index in [1.165, 1.54) is 24.1 Å². The Morgan fingerprint density at radius 1 is 1.44 bits per heavy atom. The van der Waals surface area contributed by atoms with E-state index >= 15 is 0 Å². The predicted molar refractivity (Wildman–Crippen MR) is 66.3 cm³/mol. The standard InChI is InChI=1S/C13H21N3/c1-11-4-3-7-15-13(11)10-16(2)12-5-8-14-9-6-12/h3-4,7,12,14H,5-6,8-10H2,1-2H3. The molecule has 0 amide bonds. The van der Waals surface area contributed by atoms with Gasteiger partial charge in [0.2, 0.25) is 0 Å². The fourth-order valence-electron chi connectivity index (χ4n) is 2.30. The molecule has 1 aliphatic rings. The molecule has 3 heteroatoms. The minimum Gasteiger partial charge on any atom is -0.317 e. The second-order valence-corrected chi connectivity index (χ2v) is 4.66. The van der Waals surface area contributed by atoms with Gasteiger partial charge in [0.05, 0.1) is 5.69 Å². The number of nitrogens with zero attached hydrogens (tertiary/aromatic N) is 2. The van der Waals surface area contributed by atoms with Gasteiger partial charge in [-0.05, 0) is 51.5 Å². The summed E-state index contributed by atoms with van der Waals surface area (Å²) in [6, 6.07) is 4.85. The van der Waals surface area contributed by atoms with Crippen LogP contribution in [0.5, 0.6) is 0 Å². The van der Waals surface area contributed by atoms with E-state index in [2.05, 4.69) is 35.2 Å². The van der Waals surface area contributed by atoms with Crippen molar-refractivity contribution in [2.45, 2.75) is 32.4 Å². The Balaban J connectivity index is 1.96. The Bertz CT molecular complexity index is 332. The quantitative estimate of drug-likeness (QED) is 0.836. The number of aromatic nitrogens is 1. The van der Waals surface area contributed by atoms with Crippen LogP contribution in [-0.4, -0.2) is 36.1 Å². The SMILES string of the molecule is Cc1cccnc1CN(C)C1CCNCC1. The molecule has 2 rings (SSSR count). The maximum absolute atomic E-state index is 4.46. The summed E-state index contributed by atoms with van der Waals surface area (Å²) in [6.07, 6.45) is 4.39. The zero-order valence-electron chi connectivity index (χ0n) is 10.2. The number of aryl methyl sites for hydroxylation is 1. The van der Waals surface area contributed by atoms with Crippen LogP contribution in [0, 0.1) is 6.92 Å². The van der Waals surface area contributed by atoms with Crippen molar-refractivity contribution in [3.8, 4) is 0 Å². The van der Waals surface area contributed by atoms with E-state index in [1.54, 1.807) is 0 Å². The second-order valence-electron chi connectivity index (χ2n) is 4.66. The molecule has 0 spiro atoms. The van der Waals surface area contributed by atoms with Gasteiger partial charge >= 0.3 is 0 Å². The average molecular weight is 219 g/mol. The topological polar surface area (TPSA) is 28.2 Å². The molecule has 1 aliphatic heterocycles. The summed E-state index contributed by atoms with van der Waals surface area (Å²) >= 11 is 0. The molecule has 1 aromatic rings. The lowest BCUT2D eigenvalue weighted by Crippen LogP contribution is -2.40. The van der Waals surface area contributed by atoms with Gasteiger partial charge < -0.3 is 5.32 Å². The number of nitrogens with one attached hydrogen (secondary N) is 1. The predicted octanol–water partition coefficient (Wildman–Crippen LogP) is 1.57. The highest BCUT2D eigenvalue weighted by Gasteiger charge is 2.18. The number of hydrogen-bond acceptors (Lipinski definition) is 3. The van der Waals surface area contributed by atoms with Crippen molar-refractivity contribution in [2.24, 2.45) is 0 Å². The third-order valence-corrected chi connectivity index (χ3v) is 3.45. The number of hydrogen-bond donors (Lipinski definition) is 1. The van der Waals surface area contributed by atoms with Gasteiger partial charge in [-0.3, -0.25) is 9.88 Å². The Morgan fingerprint density at radius 3 is 2.88 bits per heavy atom. The first-order valence-electron chi connectivity index (χ1n) is 6.09. The second kappa shape index (κ2) is 5.41. The van der Waals surface area contributed by atoms with Crippen molar-refractivity contribution in [1.82, 2.24) is 15.2 Å². The van der Waals surface area contributed by atoms with Crippen molar-refractivity contribution >= 4 is 0 Å². The molecule has 0 aliphatic carbocycles. The molecular weight excluding hydrogens is 198 g/mol. The van der Waals surface area contributed by atoms with Gasteiger partial charge in [-0.25, -0.2) is 0 Å². The van der Waals surface area contributed by atoms with Gasteiger partial charge in [-0.15, -0.1) is 0 Å². The Morgan fingerprint density at radius 2 is 2.19 bits per heavy atom. The molecule has 0 aromatic carbocycles. The van der Waals surface area contributed by atoms with E-state index in [-0.39, 0.29) is 0 Å². The van der Waals surface area contributed by atoms with E-state index < -0.39 is 0 Å². The van der Waals surface area contributed by atoms with E-state index in [1.807, 2.05) is 12.3 Å². The van der Waals surface area contributed by atoms with Gasteiger partial charge in [0.25, 0.3) is 0 Å². The van der Waals surface area contributed by atoms with Crippen molar-refractivity contribution in [3.63, 3.8) is 0 Å². The summed E-state index contributed by atoms with van der Waals surface area (Å²) in [5, 5.41) is 3.40. The number of rotatable bonds is 3. The van der Waals surface area contributed by atoms with Crippen molar-refractivity contribution in [1.29, 1.82) is 0 Å². The lowest BCUT2D eigenvalue weighted by Gasteiger charge is -2.31. The van der Waals surface area contributed by atoms with Gasteiger partial charge in [0, 0.05) is 18.8 Å². The number of piperidine rings is 1. The molecule has 3 nitrogen and oxygen atoms in total. The zero-order chi connectivity index (χ0) is 11.4. The van der Waals surface area contributed by atoms with Crippen LogP contribution in [0.4, 0.5) is 0 Å². The van der Waals surface area contributed by atoms with Crippen LogP contribution in [-0.2, 0) is 6.54 Å². The Hall–Kier alpha value is -0.930. The Kier molecular flexibility index (Phi) is 3.91. The summed E-state index contributed by atoms with van der Waals surface area (Å²) in [5.74, 6) is 0. The summed E-state index contributed by atoms with van der Waals surface area (Å²) < 4.78 is 0. The summed E-state index contributed by atoms with van der Waals surface area (Å²) in [4.78, 5) is 6.90. The molecule has 0 bridgehead atoms. The normalized spacial score (nSPS) is 17.9. The maximum atomic E-state index is 4.46. The third-order valence-electron chi connectivity index (χ3n) is 3.45. The molecule has 88 valence electrons. The molecule has 1 aromatic heterocycles. The average Bonchev–Trinajstić information content (AvgIpc) is 2.33. The molecule has 0 unspecified atom stereocenters. The monoisotopic (exact) mass is 219 g/mol. The summed E-state index contributed by atoms with van der Waals surface area (Å²) in [6.45, 7) is 5.41. The molecule has 1 N–H and O–H groups in total. The molecule has 2 heterocycles. The molecule has 1 saturated heterocycles. The van der Waals surface area contributed by atoms with E-state index in [9.17, 15) is 0 Å². The van der Waals surface area contributed by atoms with Crippen LogP contribution in [0.3, 0.4) is 0 Å². The minimum absolute atomic E-state index is 0.711. The maximum Gasteiger partial charge on any atom is 0.0573 e. The first kappa shape index (κ1) is 11.6. The zero-order valence-corrected chi connectivity index (χ0v) is 10.2. The van der Waals surface area contributed by atoms with Crippen LogP contribution >= 0.6 is 0 Å². The van der Waals surface area contributed by atoms with E-state index in [0.29, 0.717) is 6.04 Å². The minimum atomic E-state index is 0.711. The lowest BCUT2D eigenvalue weighted by atomic mass is 10.0. The van der Waals surface area contributed by atoms with Crippen LogP contribution in [0.15, 0.2) is 18.3 Å². The molecule has 0 saturated carbocycles. The fraction of sp³-hybridized carbons (Fsp3) is 0.615. The largest absolute Gasteiger partial charge is 0.317 e. The Labute approximate surface area is 97.9 Å². The van der Waals surface area contributed by atoms with E-state index in [0.717, 1.165) is 19.6 Å². The fourth-order valence-corrected chi connectivity index (χ4v) is 2.30. The van der Waals surface area contributed by atoms with Crippen molar-refractivity contribution in [3.05, 3.63) is 29.6 Å². The lowest BCUT2D eigenvalue weighted by molar-refractivity contribution is 0.189. The highest BCUT2D eigenvalue weighted by atomic mass is 15.1.